The number of halogens is 4. The molecule has 0 bridgehead atoms. The number of pyridine rings is 1. The number of anilines is 1. The molecule has 0 amide bonds. The Labute approximate surface area is 285 Å². The topological polar surface area (TPSA) is 104 Å². The van der Waals surface area contributed by atoms with Crippen molar-refractivity contribution in [3.63, 3.8) is 0 Å². The molecule has 0 unspecified atom stereocenters. The lowest BCUT2D eigenvalue weighted by atomic mass is 10.0. The van der Waals surface area contributed by atoms with Crippen molar-refractivity contribution in [2.45, 2.75) is 38.1 Å². The Hall–Kier alpha value is -3.82. The van der Waals surface area contributed by atoms with E-state index in [1.807, 2.05) is 81.4 Å². The molecule has 2 aromatic heterocycles. The van der Waals surface area contributed by atoms with Crippen molar-refractivity contribution in [2.24, 2.45) is 0 Å². The zero-order chi connectivity index (χ0) is 34.4. The number of ketones is 1. The summed E-state index contributed by atoms with van der Waals surface area (Å²) in [6.07, 6.45) is -0.0698. The Balaban J connectivity index is 1.29. The lowest BCUT2D eigenvalue weighted by Crippen LogP contribution is -2.68. The fraction of sp³-hybridized carbons (Fsp3) is 0.235. The molecule has 1 aliphatic heterocycles. The zero-order valence-electron chi connectivity index (χ0n) is 26.2. The van der Waals surface area contributed by atoms with Gasteiger partial charge in [-0.3, -0.25) is 9.52 Å². The van der Waals surface area contributed by atoms with E-state index in [1.165, 1.54) is 12.4 Å². The lowest BCUT2D eigenvalue weighted by Gasteiger charge is -2.44. The van der Waals surface area contributed by atoms with Gasteiger partial charge in [-0.05, 0) is 49.5 Å². The summed E-state index contributed by atoms with van der Waals surface area (Å²) >= 11 is 3.27. The minimum absolute atomic E-state index is 0.0558. The molecule has 0 spiro atoms. The van der Waals surface area contributed by atoms with Crippen LogP contribution in [0.3, 0.4) is 0 Å². The third kappa shape index (κ3) is 6.11. The normalized spacial score (nSPS) is 17.6. The van der Waals surface area contributed by atoms with Crippen LogP contribution >= 0.6 is 15.9 Å². The Bertz CT molecular complexity index is 2060. The molecule has 48 heavy (non-hydrogen) atoms. The number of H-pyrrole nitrogens is 1. The van der Waals surface area contributed by atoms with Crippen LogP contribution in [0.15, 0.2) is 95.7 Å². The second-order valence-electron chi connectivity index (χ2n) is 12.6. The summed E-state index contributed by atoms with van der Waals surface area (Å²) in [6, 6.07) is 22.4. The van der Waals surface area contributed by atoms with Gasteiger partial charge in [-0.25, -0.2) is 18.2 Å². The first-order valence-corrected chi connectivity index (χ1v) is 19.2. The molecule has 1 aliphatic rings. The van der Waals surface area contributed by atoms with Crippen LogP contribution in [0.2, 0.25) is 5.04 Å². The van der Waals surface area contributed by atoms with E-state index >= 15 is 8.78 Å². The van der Waals surface area contributed by atoms with E-state index < -0.39 is 71.1 Å². The number of nitrogens with one attached hydrogen (secondary N) is 2. The fourth-order valence-corrected chi connectivity index (χ4v) is 12.5. The summed E-state index contributed by atoms with van der Waals surface area (Å²) in [4.78, 5) is 20.3. The molecule has 1 fully saturated rings. The summed E-state index contributed by atoms with van der Waals surface area (Å²) in [6.45, 7) is 5.18. The van der Waals surface area contributed by atoms with Gasteiger partial charge in [-0.1, -0.05) is 81.4 Å². The second kappa shape index (κ2) is 12.9. The standard InChI is InChI=1S/C34H32BrF3N4O4SSi/c1-34(2,3)48(22-10-6-4-7-11-22,23-12-8-5-9-13-23)46-29-20-42(19-27(29)37)47(44,45)41-28-15-14-26(36)30(31(28)38)32(43)25-18-40-33-24(25)16-21(35)17-39-33/h4-18,27,29,41H,19-20H2,1-3H3,(H,39,40)/t27-,29-/m0/s1. The number of alkyl halides is 1. The van der Waals surface area contributed by atoms with E-state index in [0.29, 0.717) is 15.5 Å². The predicted molar refractivity (Wildman–Crippen MR) is 185 cm³/mol. The summed E-state index contributed by atoms with van der Waals surface area (Å²) < 4.78 is 84.2. The number of fused-ring (bicyclic) bond motifs is 1. The molecule has 2 N–H and O–H groups in total. The number of hydrogen-bond acceptors (Lipinski definition) is 5. The predicted octanol–water partition coefficient (Wildman–Crippen LogP) is 6.09. The van der Waals surface area contributed by atoms with Gasteiger partial charge in [0.15, 0.2) is 5.82 Å². The highest BCUT2D eigenvalue weighted by atomic mass is 79.9. The first-order valence-electron chi connectivity index (χ1n) is 15.1. The molecule has 0 aliphatic carbocycles. The van der Waals surface area contributed by atoms with Gasteiger partial charge >= 0.3 is 10.2 Å². The molecule has 0 saturated carbocycles. The lowest BCUT2D eigenvalue weighted by molar-refractivity contribution is 0.103. The van der Waals surface area contributed by atoms with Crippen molar-refractivity contribution >= 4 is 67.3 Å². The van der Waals surface area contributed by atoms with Gasteiger partial charge in [-0.2, -0.15) is 12.7 Å². The van der Waals surface area contributed by atoms with Crippen LogP contribution in [-0.2, 0) is 14.6 Å². The second-order valence-corrected chi connectivity index (χ2v) is 19.5. The minimum atomic E-state index is -4.59. The summed E-state index contributed by atoms with van der Waals surface area (Å²) in [5, 5.41) is 1.63. The highest BCUT2D eigenvalue weighted by molar-refractivity contribution is 9.10. The number of benzene rings is 3. The van der Waals surface area contributed by atoms with Crippen LogP contribution in [0.1, 0.15) is 36.7 Å². The average Bonchev–Trinajstić information content (AvgIpc) is 3.64. The zero-order valence-corrected chi connectivity index (χ0v) is 29.6. The average molecular weight is 758 g/mol. The van der Waals surface area contributed by atoms with Crippen molar-refractivity contribution < 1.29 is 30.8 Å². The molecular formula is C34H32BrF3N4O4SSi. The molecule has 2 atom stereocenters. The monoisotopic (exact) mass is 756 g/mol. The summed E-state index contributed by atoms with van der Waals surface area (Å²) in [5.74, 6) is -3.60. The molecule has 6 rings (SSSR count). The van der Waals surface area contributed by atoms with E-state index in [9.17, 15) is 17.6 Å². The van der Waals surface area contributed by atoms with Gasteiger partial charge in [-0.15, -0.1) is 0 Å². The number of hydrogen-bond donors (Lipinski definition) is 2. The van der Waals surface area contributed by atoms with E-state index in [1.54, 1.807) is 6.07 Å². The molecule has 250 valence electrons. The van der Waals surface area contributed by atoms with Gasteiger partial charge in [0.2, 0.25) is 5.78 Å². The maximum absolute atomic E-state index is 15.9. The maximum Gasteiger partial charge on any atom is 0.301 e. The Kier molecular flexibility index (Phi) is 9.15. The largest absolute Gasteiger partial charge is 0.400 e. The van der Waals surface area contributed by atoms with Gasteiger partial charge < -0.3 is 9.41 Å². The van der Waals surface area contributed by atoms with Crippen LogP contribution in [0, 0.1) is 11.6 Å². The Morgan fingerprint density at radius 3 is 2.25 bits per heavy atom. The minimum Gasteiger partial charge on any atom is -0.400 e. The molecule has 3 aromatic carbocycles. The van der Waals surface area contributed by atoms with E-state index in [4.69, 9.17) is 4.43 Å². The Morgan fingerprint density at radius 2 is 1.65 bits per heavy atom. The van der Waals surface area contributed by atoms with Crippen LogP contribution in [0.5, 0.6) is 0 Å². The number of nitrogens with zero attached hydrogens (tertiary/aromatic N) is 2. The quantitative estimate of drug-likeness (QED) is 0.140. The maximum atomic E-state index is 15.9. The fourth-order valence-electron chi connectivity index (χ4n) is 6.27. The summed E-state index contributed by atoms with van der Waals surface area (Å²) in [7, 11) is -7.82. The molecular weight excluding hydrogens is 725 g/mol. The SMILES string of the molecule is CC(C)(C)[Si](O[C@H]1CN(S(=O)(=O)Nc2ccc(F)c(C(=O)c3c[nH]c4ncc(Br)cc34)c2F)C[C@@H]1F)(c1ccccc1)c1ccccc1. The van der Waals surface area contributed by atoms with Gasteiger partial charge in [0, 0.05) is 40.9 Å². The van der Waals surface area contributed by atoms with Crippen LogP contribution < -0.4 is 15.1 Å². The number of aromatic amines is 1. The van der Waals surface area contributed by atoms with Gasteiger partial charge in [0.25, 0.3) is 8.32 Å². The molecule has 3 heterocycles. The number of rotatable bonds is 9. The van der Waals surface area contributed by atoms with Crippen molar-refractivity contribution in [2.75, 3.05) is 17.8 Å². The van der Waals surface area contributed by atoms with Crippen molar-refractivity contribution in [3.8, 4) is 0 Å². The molecule has 14 heteroatoms. The molecule has 1 saturated heterocycles. The molecule has 0 radical (unpaired) electrons. The van der Waals surface area contributed by atoms with Gasteiger partial charge in [0.05, 0.1) is 17.4 Å². The van der Waals surface area contributed by atoms with E-state index in [-0.39, 0.29) is 12.1 Å². The van der Waals surface area contributed by atoms with Gasteiger partial charge in [0.1, 0.15) is 17.6 Å². The first kappa shape index (κ1) is 34.1. The number of carbonyl (C=O) groups excluding carboxylic acids is 1. The number of aromatic nitrogens is 2. The Morgan fingerprint density at radius 1 is 1.02 bits per heavy atom. The molecule has 8 nitrogen and oxygen atoms in total. The number of carbonyl (C=O) groups is 1. The molecule has 5 aromatic rings. The van der Waals surface area contributed by atoms with Crippen LogP contribution in [0.4, 0.5) is 18.9 Å². The highest BCUT2D eigenvalue weighted by Crippen LogP contribution is 2.39. The smallest absolute Gasteiger partial charge is 0.301 e. The van der Waals surface area contributed by atoms with Crippen LogP contribution in [0.25, 0.3) is 11.0 Å². The van der Waals surface area contributed by atoms with E-state index in [0.717, 1.165) is 26.8 Å². The van der Waals surface area contributed by atoms with Crippen molar-refractivity contribution in [1.29, 1.82) is 0 Å². The summed E-state index contributed by atoms with van der Waals surface area (Å²) in [5.41, 5.74) is -1.34. The van der Waals surface area contributed by atoms with Crippen molar-refractivity contribution in [3.05, 3.63) is 118 Å². The third-order valence-electron chi connectivity index (χ3n) is 8.55. The highest BCUT2D eigenvalue weighted by Gasteiger charge is 2.54. The third-order valence-corrected chi connectivity index (χ3v) is 15.5. The first-order chi connectivity index (χ1) is 22.7. The van der Waals surface area contributed by atoms with E-state index in [2.05, 4.69) is 30.6 Å². The van der Waals surface area contributed by atoms with Crippen molar-refractivity contribution in [1.82, 2.24) is 14.3 Å². The van der Waals surface area contributed by atoms with Crippen LogP contribution in [-0.4, -0.2) is 62.2 Å².